The van der Waals surface area contributed by atoms with Gasteiger partial charge in [-0.25, -0.2) is 12.8 Å². The minimum Gasteiger partial charge on any atom is -0.511 e. The Bertz CT molecular complexity index is 1630. The van der Waals surface area contributed by atoms with Gasteiger partial charge in [0.05, 0.1) is 11.4 Å². The highest BCUT2D eigenvalue weighted by atomic mass is 32.2. The van der Waals surface area contributed by atoms with Crippen molar-refractivity contribution in [1.29, 1.82) is 0 Å². The third-order valence-corrected chi connectivity index (χ3v) is 10.2. The molecule has 0 radical (unpaired) electrons. The first-order valence-electron chi connectivity index (χ1n) is 12.3. The van der Waals surface area contributed by atoms with E-state index in [0.717, 1.165) is 31.1 Å². The lowest BCUT2D eigenvalue weighted by molar-refractivity contribution is -0.134. The maximum atomic E-state index is 13.9. The second-order valence-corrected chi connectivity index (χ2v) is 14.3. The van der Waals surface area contributed by atoms with E-state index in [0.29, 0.717) is 5.56 Å². The molecule has 200 valence electrons. The van der Waals surface area contributed by atoms with E-state index >= 15 is 0 Å². The topological polar surface area (TPSA) is 133 Å². The van der Waals surface area contributed by atoms with E-state index in [9.17, 15) is 31.1 Å². The summed E-state index contributed by atoms with van der Waals surface area (Å²) in [5, 5.41) is 14.3. The molecule has 4 aliphatic rings. The van der Waals surface area contributed by atoms with Crippen LogP contribution in [0.1, 0.15) is 30.4 Å². The van der Waals surface area contributed by atoms with Gasteiger partial charge in [-0.3, -0.25) is 4.79 Å². The Morgan fingerprint density at radius 2 is 1.79 bits per heavy atom. The van der Waals surface area contributed by atoms with E-state index in [1.807, 2.05) is 0 Å². The van der Waals surface area contributed by atoms with Crippen molar-refractivity contribution in [2.24, 2.45) is 22.2 Å². The zero-order valence-electron chi connectivity index (χ0n) is 20.5. The van der Waals surface area contributed by atoms with Crippen LogP contribution in [-0.2, 0) is 37.0 Å². The average molecular weight is 560 g/mol. The van der Waals surface area contributed by atoms with Crippen LogP contribution in [-0.4, -0.2) is 50.9 Å². The molecule has 0 aromatic heterocycles. The third kappa shape index (κ3) is 4.19. The van der Waals surface area contributed by atoms with E-state index in [1.165, 1.54) is 30.3 Å². The number of sulfonamides is 1. The van der Waals surface area contributed by atoms with Gasteiger partial charge in [0.2, 0.25) is 0 Å². The molecule has 0 saturated heterocycles. The van der Waals surface area contributed by atoms with Crippen LogP contribution in [0, 0.1) is 23.6 Å². The molecule has 2 bridgehead atoms. The molecule has 2 heterocycles. The summed E-state index contributed by atoms with van der Waals surface area (Å²) in [7, 11) is -7.70. The van der Waals surface area contributed by atoms with E-state index in [4.69, 9.17) is 0 Å². The highest BCUT2D eigenvalue weighted by Gasteiger charge is 2.57. The van der Waals surface area contributed by atoms with Crippen molar-refractivity contribution in [2.45, 2.75) is 42.5 Å². The SMILES string of the molecule is CS(=O)(=O)Cc1ccc2c(c1)S(=O)(=O)N=C(C1=C(O)[C@H]3[C@H]4CC[C@H](C4)[C@H]3N(Cc3ccc(F)cc3)C1=O)N2. The number of rotatable bonds is 5. The molecular weight excluding hydrogens is 533 g/mol. The third-order valence-electron chi connectivity index (χ3n) is 8.00. The Hall–Kier alpha value is -3.25. The number of nitrogens with one attached hydrogen (secondary N) is 1. The molecular formula is C26H26FN3O6S2. The summed E-state index contributed by atoms with van der Waals surface area (Å²) in [6.45, 7) is 0.186. The number of aliphatic hydroxyl groups excluding tert-OH is 1. The number of aliphatic hydroxyl groups is 1. The Kier molecular flexibility index (Phi) is 5.69. The lowest BCUT2D eigenvalue weighted by atomic mass is 9.77. The maximum absolute atomic E-state index is 13.9. The molecule has 6 rings (SSSR count). The molecule has 2 saturated carbocycles. The molecule has 0 spiro atoms. The van der Waals surface area contributed by atoms with Crippen LogP contribution in [0.15, 0.2) is 63.1 Å². The molecule has 2 aliphatic carbocycles. The van der Waals surface area contributed by atoms with Gasteiger partial charge in [-0.1, -0.05) is 18.2 Å². The number of hydrogen-bond acceptors (Lipinski definition) is 7. The highest BCUT2D eigenvalue weighted by molar-refractivity contribution is 7.90. The van der Waals surface area contributed by atoms with Gasteiger partial charge in [0, 0.05) is 24.8 Å². The molecule has 2 fully saturated rings. The molecule has 9 nitrogen and oxygen atoms in total. The Morgan fingerprint density at radius 1 is 1.11 bits per heavy atom. The average Bonchev–Trinajstić information content (AvgIpc) is 3.45. The van der Waals surface area contributed by atoms with Crippen molar-refractivity contribution in [3.8, 4) is 0 Å². The standard InChI is InChI=1S/C26H26FN3O6S2/c1-37(33,34)13-15-4-9-19-20(10-15)38(35,36)29-25(28-19)22-24(31)21-16-5-6-17(11-16)23(21)30(26(22)32)12-14-2-7-18(27)8-3-14/h2-4,7-10,16-17,21,23,31H,5-6,11-13H2,1H3,(H,28,29)/t16-,17+,21-,23+/m0/s1. The van der Waals surface area contributed by atoms with Crippen molar-refractivity contribution in [3.05, 3.63) is 70.7 Å². The summed E-state index contributed by atoms with van der Waals surface area (Å²) < 4.78 is 67.1. The summed E-state index contributed by atoms with van der Waals surface area (Å²) in [6, 6.07) is 9.81. The zero-order chi connectivity index (χ0) is 27.0. The van der Waals surface area contributed by atoms with Gasteiger partial charge in [-0.05, 0) is 66.5 Å². The molecule has 1 amide bonds. The molecule has 2 aromatic rings. The van der Waals surface area contributed by atoms with Gasteiger partial charge in [-0.15, -0.1) is 4.40 Å². The zero-order valence-corrected chi connectivity index (χ0v) is 22.1. The minimum atomic E-state index is -4.31. The molecule has 2 N–H and O–H groups in total. The normalized spacial score (nSPS) is 27.6. The number of hydrogen-bond donors (Lipinski definition) is 2. The van der Waals surface area contributed by atoms with Crippen LogP contribution in [0.4, 0.5) is 10.1 Å². The Labute approximate surface area is 220 Å². The first-order valence-corrected chi connectivity index (χ1v) is 15.8. The number of nitrogens with zero attached hydrogens (tertiary/aromatic N) is 2. The summed E-state index contributed by atoms with van der Waals surface area (Å²) in [5.74, 6) is -1.64. The van der Waals surface area contributed by atoms with Crippen LogP contribution < -0.4 is 5.32 Å². The number of fused-ring (bicyclic) bond motifs is 6. The maximum Gasteiger partial charge on any atom is 0.286 e. The summed E-state index contributed by atoms with van der Waals surface area (Å²) in [5.41, 5.74) is 0.967. The number of halogens is 1. The fourth-order valence-corrected chi connectivity index (χ4v) is 8.50. The van der Waals surface area contributed by atoms with Gasteiger partial charge in [0.1, 0.15) is 22.0 Å². The second kappa shape index (κ2) is 8.63. The number of carbonyl (C=O) groups excluding carboxylic acids is 1. The van der Waals surface area contributed by atoms with Crippen LogP contribution in [0.5, 0.6) is 0 Å². The van der Waals surface area contributed by atoms with E-state index in [-0.39, 0.29) is 69.7 Å². The fourth-order valence-electron chi connectivity index (χ4n) is 6.54. The van der Waals surface area contributed by atoms with Gasteiger partial charge in [-0.2, -0.15) is 8.42 Å². The summed E-state index contributed by atoms with van der Waals surface area (Å²) in [4.78, 5) is 15.4. The largest absolute Gasteiger partial charge is 0.511 e. The van der Waals surface area contributed by atoms with Crippen molar-refractivity contribution >= 4 is 37.3 Å². The van der Waals surface area contributed by atoms with Gasteiger partial charge < -0.3 is 15.3 Å². The highest BCUT2D eigenvalue weighted by Crippen LogP contribution is 2.55. The number of benzene rings is 2. The Balaban J connectivity index is 1.41. The molecule has 2 aliphatic heterocycles. The lowest BCUT2D eigenvalue weighted by Crippen LogP contribution is -2.53. The van der Waals surface area contributed by atoms with Gasteiger partial charge in [0.25, 0.3) is 15.9 Å². The second-order valence-electron chi connectivity index (χ2n) is 10.6. The summed E-state index contributed by atoms with van der Waals surface area (Å²) in [6.07, 6.45) is 3.77. The lowest BCUT2D eigenvalue weighted by Gasteiger charge is -2.44. The monoisotopic (exact) mass is 559 g/mol. The van der Waals surface area contributed by atoms with Crippen LogP contribution in [0.2, 0.25) is 0 Å². The number of sulfone groups is 1. The van der Waals surface area contributed by atoms with E-state index in [2.05, 4.69) is 9.71 Å². The molecule has 4 atom stereocenters. The van der Waals surface area contributed by atoms with Crippen molar-refractivity contribution in [3.63, 3.8) is 0 Å². The molecule has 12 heteroatoms. The van der Waals surface area contributed by atoms with Crippen molar-refractivity contribution < 1.29 is 31.1 Å². The van der Waals surface area contributed by atoms with E-state index in [1.54, 1.807) is 17.0 Å². The smallest absolute Gasteiger partial charge is 0.286 e. The van der Waals surface area contributed by atoms with Crippen LogP contribution in [0.25, 0.3) is 0 Å². The molecule has 38 heavy (non-hydrogen) atoms. The van der Waals surface area contributed by atoms with Crippen molar-refractivity contribution in [1.82, 2.24) is 4.90 Å². The summed E-state index contributed by atoms with van der Waals surface area (Å²) >= 11 is 0. The fraction of sp³-hybridized carbons (Fsp3) is 0.385. The predicted molar refractivity (Wildman–Crippen MR) is 138 cm³/mol. The number of anilines is 1. The Morgan fingerprint density at radius 3 is 2.50 bits per heavy atom. The molecule has 2 aromatic carbocycles. The van der Waals surface area contributed by atoms with Gasteiger partial charge in [0.15, 0.2) is 15.7 Å². The number of amides is 1. The van der Waals surface area contributed by atoms with Crippen molar-refractivity contribution in [2.75, 3.05) is 11.6 Å². The van der Waals surface area contributed by atoms with Crippen LogP contribution >= 0.6 is 0 Å². The predicted octanol–water partition coefficient (Wildman–Crippen LogP) is 3.15. The van der Waals surface area contributed by atoms with E-state index < -0.39 is 25.8 Å². The minimum absolute atomic E-state index is 0.139. The first kappa shape index (κ1) is 25.1. The quantitative estimate of drug-likeness (QED) is 0.575. The van der Waals surface area contributed by atoms with Crippen LogP contribution in [0.3, 0.4) is 0 Å². The van der Waals surface area contributed by atoms with Gasteiger partial charge >= 0.3 is 0 Å². The number of carbonyl (C=O) groups is 1. The first-order chi connectivity index (χ1) is 17.9. The number of amidine groups is 1. The molecule has 0 unspecified atom stereocenters.